The van der Waals surface area contributed by atoms with Crippen molar-refractivity contribution in [1.29, 1.82) is 5.26 Å². The van der Waals surface area contributed by atoms with E-state index in [0.717, 1.165) is 22.6 Å². The van der Waals surface area contributed by atoms with Crippen LogP contribution in [0.5, 0.6) is 17.2 Å². The molecule has 1 aliphatic carbocycles. The number of nitriles is 1. The van der Waals surface area contributed by atoms with Crippen LogP contribution in [0.15, 0.2) is 41.4 Å². The Morgan fingerprint density at radius 2 is 1.93 bits per heavy atom. The van der Waals surface area contributed by atoms with Crippen molar-refractivity contribution in [3.63, 3.8) is 0 Å². The Kier molecular flexibility index (Phi) is 5.71. The zero-order valence-electron chi connectivity index (χ0n) is 17.2. The van der Waals surface area contributed by atoms with Crippen molar-refractivity contribution < 1.29 is 19.0 Å². The number of amides is 1. The Morgan fingerprint density at radius 1 is 1.17 bits per heavy atom. The van der Waals surface area contributed by atoms with Gasteiger partial charge in [0, 0.05) is 25.0 Å². The highest BCUT2D eigenvalue weighted by molar-refractivity contribution is 5.96. The molecule has 1 heterocycles. The number of carbonyl (C=O) groups excluding carboxylic acids is 1. The van der Waals surface area contributed by atoms with Gasteiger partial charge in [-0.25, -0.2) is 4.99 Å². The standard InChI is InChI=1S/C24H24N2O4/c1-15(26-16(2)27)23-10-18-5-7-22(11-24(18)30-23)29-14-19-6-8-21(9-20(19)12-25)28-13-17-3-4-17/h5-9,11,17,23H,3-4,10,13-14H2,1-2H3/b26-15+/t23-/m0/s1. The first-order valence-electron chi connectivity index (χ1n) is 10.2. The van der Waals surface area contributed by atoms with Gasteiger partial charge in [-0.15, -0.1) is 0 Å². The van der Waals surface area contributed by atoms with E-state index in [4.69, 9.17) is 14.2 Å². The topological polar surface area (TPSA) is 80.9 Å². The van der Waals surface area contributed by atoms with Crippen LogP contribution >= 0.6 is 0 Å². The number of nitrogens with zero attached hydrogens (tertiary/aromatic N) is 2. The maximum Gasteiger partial charge on any atom is 0.242 e. The lowest BCUT2D eigenvalue weighted by molar-refractivity contribution is -0.115. The maximum atomic E-state index is 11.2. The fraction of sp³-hybridized carbons (Fsp3) is 0.375. The summed E-state index contributed by atoms with van der Waals surface area (Å²) in [6, 6.07) is 13.5. The number of rotatable bonds is 7. The van der Waals surface area contributed by atoms with Gasteiger partial charge in [-0.1, -0.05) is 12.1 Å². The highest BCUT2D eigenvalue weighted by atomic mass is 16.5. The molecule has 154 valence electrons. The predicted octanol–water partition coefficient (Wildman–Crippen LogP) is 4.24. The number of benzene rings is 2. The first-order chi connectivity index (χ1) is 14.5. The third-order valence-electron chi connectivity index (χ3n) is 5.29. The average Bonchev–Trinajstić information content (AvgIpc) is 3.46. The first kappa shape index (κ1) is 20.0. The van der Waals surface area contributed by atoms with E-state index in [1.807, 2.05) is 30.3 Å². The average molecular weight is 404 g/mol. The van der Waals surface area contributed by atoms with Gasteiger partial charge in [0.25, 0.3) is 0 Å². The molecule has 6 heteroatoms. The molecule has 1 atom stereocenters. The summed E-state index contributed by atoms with van der Waals surface area (Å²) in [4.78, 5) is 15.2. The van der Waals surface area contributed by atoms with Crippen LogP contribution in [-0.2, 0) is 17.8 Å². The molecular formula is C24H24N2O4. The van der Waals surface area contributed by atoms with Gasteiger partial charge in [-0.3, -0.25) is 4.79 Å². The molecule has 0 spiro atoms. The molecule has 0 N–H and O–H groups in total. The van der Waals surface area contributed by atoms with Crippen LogP contribution in [0.4, 0.5) is 0 Å². The molecule has 1 fully saturated rings. The molecular weight excluding hydrogens is 380 g/mol. The highest BCUT2D eigenvalue weighted by Crippen LogP contribution is 2.34. The third kappa shape index (κ3) is 4.80. The third-order valence-corrected chi connectivity index (χ3v) is 5.29. The largest absolute Gasteiger partial charge is 0.493 e. The number of aliphatic imine (C=N–C) groups is 1. The van der Waals surface area contributed by atoms with Gasteiger partial charge < -0.3 is 14.2 Å². The van der Waals surface area contributed by atoms with Gasteiger partial charge in [-0.05, 0) is 49.4 Å². The molecule has 0 saturated heterocycles. The predicted molar refractivity (Wildman–Crippen MR) is 112 cm³/mol. The number of hydrogen-bond acceptors (Lipinski definition) is 5. The molecule has 0 bridgehead atoms. The number of fused-ring (bicyclic) bond motifs is 1. The van der Waals surface area contributed by atoms with Crippen LogP contribution < -0.4 is 14.2 Å². The zero-order chi connectivity index (χ0) is 21.1. The molecule has 0 radical (unpaired) electrons. The second kappa shape index (κ2) is 8.58. The fourth-order valence-corrected chi connectivity index (χ4v) is 3.39. The van der Waals surface area contributed by atoms with Crippen molar-refractivity contribution in [3.8, 4) is 23.3 Å². The van der Waals surface area contributed by atoms with Gasteiger partial charge >= 0.3 is 0 Å². The molecule has 2 aromatic rings. The Hall–Kier alpha value is -3.33. The summed E-state index contributed by atoms with van der Waals surface area (Å²) in [5.41, 5.74) is 3.08. The van der Waals surface area contributed by atoms with E-state index in [1.54, 1.807) is 13.0 Å². The van der Waals surface area contributed by atoms with Crippen molar-refractivity contribution >= 4 is 11.6 Å². The van der Waals surface area contributed by atoms with Crippen molar-refractivity contribution in [1.82, 2.24) is 0 Å². The van der Waals surface area contributed by atoms with Crippen molar-refractivity contribution in [2.24, 2.45) is 10.9 Å². The minimum absolute atomic E-state index is 0.228. The summed E-state index contributed by atoms with van der Waals surface area (Å²) in [5.74, 6) is 2.56. The van der Waals surface area contributed by atoms with Gasteiger partial charge in [0.05, 0.1) is 24.0 Å². The van der Waals surface area contributed by atoms with Crippen LogP contribution in [0, 0.1) is 17.2 Å². The van der Waals surface area contributed by atoms with Crippen molar-refractivity contribution in [3.05, 3.63) is 53.1 Å². The van der Waals surface area contributed by atoms with Crippen LogP contribution in [0.25, 0.3) is 0 Å². The highest BCUT2D eigenvalue weighted by Gasteiger charge is 2.26. The Balaban J connectivity index is 1.39. The molecule has 2 aromatic carbocycles. The lowest BCUT2D eigenvalue weighted by Crippen LogP contribution is -2.23. The van der Waals surface area contributed by atoms with E-state index in [9.17, 15) is 10.1 Å². The summed E-state index contributed by atoms with van der Waals surface area (Å²) in [6.07, 6.45) is 2.91. The molecule has 1 amide bonds. The smallest absolute Gasteiger partial charge is 0.242 e. The van der Waals surface area contributed by atoms with Crippen LogP contribution in [-0.4, -0.2) is 24.3 Å². The monoisotopic (exact) mass is 404 g/mol. The Bertz CT molecular complexity index is 1030. The molecule has 4 rings (SSSR count). The van der Waals surface area contributed by atoms with E-state index in [2.05, 4.69) is 11.1 Å². The summed E-state index contributed by atoms with van der Waals surface area (Å²) in [5, 5.41) is 9.48. The summed E-state index contributed by atoms with van der Waals surface area (Å²) < 4.78 is 17.6. The second-order valence-electron chi connectivity index (χ2n) is 7.83. The van der Waals surface area contributed by atoms with E-state index in [-0.39, 0.29) is 18.6 Å². The quantitative estimate of drug-likeness (QED) is 0.645. The molecule has 2 aliphatic rings. The van der Waals surface area contributed by atoms with Crippen LogP contribution in [0.1, 0.15) is 43.4 Å². The van der Waals surface area contributed by atoms with Crippen molar-refractivity contribution in [2.75, 3.05) is 6.61 Å². The van der Waals surface area contributed by atoms with Crippen LogP contribution in [0.3, 0.4) is 0 Å². The number of carbonyl (C=O) groups is 1. The van der Waals surface area contributed by atoms with Crippen LogP contribution in [0.2, 0.25) is 0 Å². The molecule has 30 heavy (non-hydrogen) atoms. The molecule has 0 aromatic heterocycles. The molecule has 1 aliphatic heterocycles. The van der Waals surface area contributed by atoms with Gasteiger partial charge in [0.2, 0.25) is 5.91 Å². The van der Waals surface area contributed by atoms with Gasteiger partial charge in [-0.2, -0.15) is 5.26 Å². The second-order valence-corrected chi connectivity index (χ2v) is 7.83. The van der Waals surface area contributed by atoms with E-state index in [0.29, 0.717) is 36.0 Å². The van der Waals surface area contributed by atoms with Gasteiger partial charge in [0.1, 0.15) is 30.0 Å². The van der Waals surface area contributed by atoms with E-state index >= 15 is 0 Å². The maximum absolute atomic E-state index is 11.2. The zero-order valence-corrected chi connectivity index (χ0v) is 17.2. The molecule has 0 unspecified atom stereocenters. The Morgan fingerprint density at radius 3 is 2.67 bits per heavy atom. The molecule has 1 saturated carbocycles. The minimum Gasteiger partial charge on any atom is -0.493 e. The SMILES string of the molecule is CC(=O)/N=C(\C)[C@@H]1Cc2ccc(OCc3ccc(OCC4CC4)cc3C#N)cc2O1. The summed E-state index contributed by atoms with van der Waals surface area (Å²) in [7, 11) is 0. The van der Waals surface area contributed by atoms with Gasteiger partial charge in [0.15, 0.2) is 0 Å². The summed E-state index contributed by atoms with van der Waals surface area (Å²) in [6.45, 7) is 4.22. The van der Waals surface area contributed by atoms with E-state index in [1.165, 1.54) is 19.8 Å². The fourth-order valence-electron chi connectivity index (χ4n) is 3.39. The summed E-state index contributed by atoms with van der Waals surface area (Å²) >= 11 is 0. The van der Waals surface area contributed by atoms with Crippen molar-refractivity contribution in [2.45, 2.75) is 45.8 Å². The molecule has 6 nitrogen and oxygen atoms in total. The first-order valence-corrected chi connectivity index (χ1v) is 10.2. The van der Waals surface area contributed by atoms with E-state index < -0.39 is 0 Å². The Labute approximate surface area is 176 Å². The lowest BCUT2D eigenvalue weighted by atomic mass is 10.1. The minimum atomic E-state index is -0.229. The number of ether oxygens (including phenoxy) is 3. The normalized spacial score (nSPS) is 17.6. The lowest BCUT2D eigenvalue weighted by Gasteiger charge is -2.11. The number of hydrogen-bond donors (Lipinski definition) is 0.